The predicted octanol–water partition coefficient (Wildman–Crippen LogP) is 0.0204. The van der Waals surface area contributed by atoms with E-state index < -0.39 is 10.0 Å². The minimum absolute atomic E-state index is 0.325. The van der Waals surface area contributed by atoms with E-state index in [-0.39, 0.29) is 0 Å². The van der Waals surface area contributed by atoms with E-state index >= 15 is 0 Å². The summed E-state index contributed by atoms with van der Waals surface area (Å²) < 4.78 is 26.4. The van der Waals surface area contributed by atoms with Gasteiger partial charge in [-0.25, -0.2) is 8.42 Å². The van der Waals surface area contributed by atoms with Crippen LogP contribution in [0, 0.1) is 0 Å². The molecule has 0 bridgehead atoms. The highest BCUT2D eigenvalue weighted by molar-refractivity contribution is 7.90. The van der Waals surface area contributed by atoms with Gasteiger partial charge in [0.1, 0.15) is 5.84 Å². The Hall–Kier alpha value is -1.44. The summed E-state index contributed by atoms with van der Waals surface area (Å²) in [6, 6.07) is 6.96. The van der Waals surface area contributed by atoms with Crippen LogP contribution >= 0.6 is 0 Å². The van der Waals surface area contributed by atoms with Gasteiger partial charge in [0, 0.05) is 38.3 Å². The monoisotopic (exact) mass is 308 g/mol. The number of fused-ring (bicyclic) bond motifs is 1. The molecule has 1 aromatic rings. The molecule has 2 heterocycles. The largest absolute Gasteiger partial charge is 0.314 e. The van der Waals surface area contributed by atoms with Crippen LogP contribution in [0.1, 0.15) is 12.0 Å². The van der Waals surface area contributed by atoms with E-state index in [0.29, 0.717) is 22.8 Å². The van der Waals surface area contributed by atoms with Crippen molar-refractivity contribution in [2.45, 2.75) is 11.3 Å². The van der Waals surface area contributed by atoms with Crippen molar-refractivity contribution in [1.82, 2.24) is 14.9 Å². The Kier molecular flexibility index (Phi) is 4.23. The lowest BCUT2D eigenvalue weighted by Gasteiger charge is -2.26. The SMILES string of the molecule is O=S1(=O)NC(=NCCCN2CCNCC2)c2ccccc21. The summed E-state index contributed by atoms with van der Waals surface area (Å²) in [5.74, 6) is 0.478. The van der Waals surface area contributed by atoms with E-state index in [4.69, 9.17) is 0 Å². The number of amidine groups is 1. The fraction of sp³-hybridized carbons (Fsp3) is 0.500. The molecule has 6 nitrogen and oxygen atoms in total. The van der Waals surface area contributed by atoms with Crippen LogP contribution in [0.2, 0.25) is 0 Å². The van der Waals surface area contributed by atoms with Crippen LogP contribution in [0.3, 0.4) is 0 Å². The van der Waals surface area contributed by atoms with Gasteiger partial charge in [0.25, 0.3) is 10.0 Å². The second-order valence-corrected chi connectivity index (χ2v) is 6.93. The molecule has 0 aromatic heterocycles. The number of hydrogen-bond donors (Lipinski definition) is 2. The molecule has 0 amide bonds. The van der Waals surface area contributed by atoms with Crippen LogP contribution in [0.25, 0.3) is 0 Å². The first-order chi connectivity index (χ1) is 10.2. The summed E-state index contributed by atoms with van der Waals surface area (Å²) in [5.41, 5.74) is 0.680. The topological polar surface area (TPSA) is 73.8 Å². The van der Waals surface area contributed by atoms with Gasteiger partial charge >= 0.3 is 0 Å². The van der Waals surface area contributed by atoms with Crippen LogP contribution in [0.4, 0.5) is 0 Å². The summed E-state index contributed by atoms with van der Waals surface area (Å²) in [6.07, 6.45) is 0.938. The van der Waals surface area contributed by atoms with Crippen molar-refractivity contribution in [3.8, 4) is 0 Å². The van der Waals surface area contributed by atoms with Crippen molar-refractivity contribution in [1.29, 1.82) is 0 Å². The summed E-state index contributed by atoms with van der Waals surface area (Å²) in [7, 11) is -3.41. The maximum Gasteiger partial charge on any atom is 0.263 e. The first kappa shape index (κ1) is 14.5. The van der Waals surface area contributed by atoms with Crippen LogP contribution < -0.4 is 10.0 Å². The maximum absolute atomic E-state index is 11.9. The first-order valence-corrected chi connectivity index (χ1v) is 8.75. The third-order valence-corrected chi connectivity index (χ3v) is 5.17. The first-order valence-electron chi connectivity index (χ1n) is 7.26. The number of sulfonamides is 1. The minimum Gasteiger partial charge on any atom is -0.314 e. The Morgan fingerprint density at radius 2 is 1.95 bits per heavy atom. The molecule has 7 heteroatoms. The Labute approximate surface area is 125 Å². The smallest absolute Gasteiger partial charge is 0.263 e. The van der Waals surface area contributed by atoms with Gasteiger partial charge in [0.2, 0.25) is 0 Å². The van der Waals surface area contributed by atoms with Crippen LogP contribution in [0.15, 0.2) is 34.2 Å². The molecule has 2 N–H and O–H groups in total. The summed E-state index contributed by atoms with van der Waals surface area (Å²) in [4.78, 5) is 7.16. The van der Waals surface area contributed by atoms with E-state index in [9.17, 15) is 8.42 Å². The quantitative estimate of drug-likeness (QED) is 0.769. The summed E-state index contributed by atoms with van der Waals surface area (Å²) in [5, 5.41) is 3.32. The molecule has 1 saturated heterocycles. The molecule has 2 aliphatic heterocycles. The zero-order chi connectivity index (χ0) is 14.7. The number of rotatable bonds is 4. The van der Waals surface area contributed by atoms with Crippen molar-refractivity contribution < 1.29 is 8.42 Å². The Morgan fingerprint density at radius 1 is 1.19 bits per heavy atom. The Bertz CT molecular complexity index is 636. The number of piperazine rings is 1. The molecular weight excluding hydrogens is 288 g/mol. The third-order valence-electron chi connectivity index (χ3n) is 3.77. The second-order valence-electron chi connectivity index (χ2n) is 5.28. The molecule has 0 spiro atoms. The van der Waals surface area contributed by atoms with E-state index in [1.807, 2.05) is 6.07 Å². The maximum atomic E-state index is 11.9. The average molecular weight is 308 g/mol. The summed E-state index contributed by atoms with van der Waals surface area (Å²) in [6.45, 7) is 5.88. The second kappa shape index (κ2) is 6.13. The van der Waals surface area contributed by atoms with Crippen molar-refractivity contribution >= 4 is 15.9 Å². The lowest BCUT2D eigenvalue weighted by molar-refractivity contribution is 0.240. The highest BCUT2D eigenvalue weighted by Gasteiger charge is 2.29. The van der Waals surface area contributed by atoms with Gasteiger partial charge in [0.15, 0.2) is 0 Å². The fourth-order valence-electron chi connectivity index (χ4n) is 2.67. The molecule has 0 atom stereocenters. The van der Waals surface area contributed by atoms with Crippen LogP contribution in [0.5, 0.6) is 0 Å². The van der Waals surface area contributed by atoms with Crippen molar-refractivity contribution in [3.63, 3.8) is 0 Å². The standard InChI is InChI=1S/C14H20N4O2S/c19-21(20)13-5-2-1-4-12(13)14(17-21)16-6-3-9-18-10-7-15-8-11-18/h1-2,4-5,15H,3,6-11H2,(H,16,17). The molecule has 3 rings (SSSR count). The van der Waals surface area contributed by atoms with Gasteiger partial charge < -0.3 is 10.2 Å². The van der Waals surface area contributed by atoms with Gasteiger partial charge in [-0.15, -0.1) is 0 Å². The Morgan fingerprint density at radius 3 is 2.76 bits per heavy atom. The molecular formula is C14H20N4O2S. The third kappa shape index (κ3) is 3.25. The van der Waals surface area contributed by atoms with Gasteiger partial charge in [-0.05, 0) is 25.1 Å². The number of nitrogens with zero attached hydrogens (tertiary/aromatic N) is 2. The number of benzene rings is 1. The number of nitrogens with one attached hydrogen (secondary N) is 2. The van der Waals surface area contributed by atoms with Crippen molar-refractivity contribution in [2.24, 2.45) is 4.99 Å². The highest BCUT2D eigenvalue weighted by Crippen LogP contribution is 2.22. The van der Waals surface area contributed by atoms with Gasteiger partial charge in [-0.3, -0.25) is 9.71 Å². The minimum atomic E-state index is -3.41. The number of hydrogen-bond acceptors (Lipinski definition) is 5. The lowest BCUT2D eigenvalue weighted by Crippen LogP contribution is -2.43. The molecule has 21 heavy (non-hydrogen) atoms. The Balaban J connectivity index is 1.60. The summed E-state index contributed by atoms with van der Waals surface area (Å²) >= 11 is 0. The normalized spacial score (nSPS) is 23.0. The molecule has 1 aromatic carbocycles. The van der Waals surface area contributed by atoms with E-state index in [0.717, 1.165) is 39.1 Å². The molecule has 0 aliphatic carbocycles. The van der Waals surface area contributed by atoms with E-state index in [2.05, 4.69) is 19.9 Å². The van der Waals surface area contributed by atoms with E-state index in [1.165, 1.54) is 0 Å². The van der Waals surface area contributed by atoms with Crippen LogP contribution in [-0.2, 0) is 10.0 Å². The van der Waals surface area contributed by atoms with Crippen molar-refractivity contribution in [2.75, 3.05) is 39.3 Å². The fourth-order valence-corrected chi connectivity index (χ4v) is 3.92. The van der Waals surface area contributed by atoms with E-state index in [1.54, 1.807) is 18.2 Å². The van der Waals surface area contributed by atoms with Gasteiger partial charge in [-0.1, -0.05) is 12.1 Å². The molecule has 0 unspecified atom stereocenters. The molecule has 114 valence electrons. The van der Waals surface area contributed by atoms with Gasteiger partial charge in [-0.2, -0.15) is 0 Å². The van der Waals surface area contributed by atoms with Crippen molar-refractivity contribution in [3.05, 3.63) is 29.8 Å². The molecule has 0 saturated carbocycles. The lowest BCUT2D eigenvalue weighted by atomic mass is 10.2. The van der Waals surface area contributed by atoms with Gasteiger partial charge in [0.05, 0.1) is 4.90 Å². The molecule has 1 fully saturated rings. The van der Waals surface area contributed by atoms with Crippen LogP contribution in [-0.4, -0.2) is 58.4 Å². The molecule has 0 radical (unpaired) electrons. The zero-order valence-electron chi connectivity index (χ0n) is 11.9. The predicted molar refractivity (Wildman–Crippen MR) is 82.1 cm³/mol. The highest BCUT2D eigenvalue weighted by atomic mass is 32.2. The number of aliphatic imine (C=N–C) groups is 1. The average Bonchev–Trinajstić information content (AvgIpc) is 2.77. The zero-order valence-corrected chi connectivity index (χ0v) is 12.7. The molecule has 2 aliphatic rings.